The monoisotopic (exact) mass is 276 g/mol. The Morgan fingerprint density at radius 1 is 1.30 bits per heavy atom. The molecule has 106 valence electrons. The summed E-state index contributed by atoms with van der Waals surface area (Å²) in [6, 6.07) is 7.09. The predicted octanol–water partition coefficient (Wildman–Crippen LogP) is 1.27. The van der Waals surface area contributed by atoms with Gasteiger partial charge in [-0.1, -0.05) is 12.1 Å². The number of carbonyl (C=O) groups is 2. The number of hydrogen-bond acceptors (Lipinski definition) is 3. The molecule has 0 aliphatic carbocycles. The van der Waals surface area contributed by atoms with Crippen LogP contribution in [0.3, 0.4) is 0 Å². The van der Waals surface area contributed by atoms with Gasteiger partial charge in [-0.2, -0.15) is 0 Å². The summed E-state index contributed by atoms with van der Waals surface area (Å²) in [6.07, 6.45) is -0.287. The summed E-state index contributed by atoms with van der Waals surface area (Å²) in [5.41, 5.74) is 0.556. The Labute approximate surface area is 116 Å². The number of fused-ring (bicyclic) bond motifs is 2. The topological polar surface area (TPSA) is 70.1 Å². The number of amides is 2. The number of hydrogen-bond donors (Lipinski definition) is 1. The minimum absolute atomic E-state index is 0.0738. The van der Waals surface area contributed by atoms with Crippen molar-refractivity contribution in [2.75, 3.05) is 26.2 Å². The fraction of sp³-hybridized carbons (Fsp3) is 0.429. The molecule has 2 aliphatic rings. The van der Waals surface area contributed by atoms with Gasteiger partial charge in [0.15, 0.2) is 0 Å². The highest BCUT2D eigenvalue weighted by atomic mass is 16.5. The first kappa shape index (κ1) is 12.8. The second-order valence-electron chi connectivity index (χ2n) is 5.01. The molecule has 0 spiro atoms. The van der Waals surface area contributed by atoms with E-state index in [2.05, 4.69) is 0 Å². The minimum Gasteiger partial charge on any atom is -0.493 e. The second-order valence-corrected chi connectivity index (χ2v) is 5.01. The van der Waals surface area contributed by atoms with E-state index >= 15 is 0 Å². The van der Waals surface area contributed by atoms with E-state index in [1.54, 1.807) is 17.0 Å². The number of nitrogens with zero attached hydrogens (tertiary/aromatic N) is 2. The molecule has 2 amide bonds. The Morgan fingerprint density at radius 2 is 2.10 bits per heavy atom. The zero-order chi connectivity index (χ0) is 14.1. The highest BCUT2D eigenvalue weighted by Gasteiger charge is 2.34. The Bertz CT molecular complexity index is 546. The van der Waals surface area contributed by atoms with Crippen LogP contribution in [0.4, 0.5) is 4.79 Å². The summed E-state index contributed by atoms with van der Waals surface area (Å²) >= 11 is 0. The van der Waals surface area contributed by atoms with Crippen molar-refractivity contribution in [1.82, 2.24) is 9.80 Å². The molecule has 1 N–H and O–H groups in total. The van der Waals surface area contributed by atoms with Crippen LogP contribution in [-0.4, -0.2) is 59.2 Å². The molecule has 3 rings (SSSR count). The average molecular weight is 276 g/mol. The number of carbonyl (C=O) groups excluding carboxylic acids is 1. The van der Waals surface area contributed by atoms with Gasteiger partial charge in [0, 0.05) is 26.1 Å². The molecular formula is C14H16N2O4. The van der Waals surface area contributed by atoms with Crippen molar-refractivity contribution >= 4 is 12.0 Å². The third-order valence-corrected chi connectivity index (χ3v) is 3.84. The summed E-state index contributed by atoms with van der Waals surface area (Å²) in [5, 5.41) is 9.07. The number of benzene rings is 1. The third kappa shape index (κ3) is 2.17. The van der Waals surface area contributed by atoms with Gasteiger partial charge in [0.2, 0.25) is 0 Å². The lowest BCUT2D eigenvalue weighted by Crippen LogP contribution is -2.57. The summed E-state index contributed by atoms with van der Waals surface area (Å²) in [5.74, 6) is 0.534. The van der Waals surface area contributed by atoms with E-state index < -0.39 is 6.09 Å². The van der Waals surface area contributed by atoms with Crippen molar-refractivity contribution in [3.05, 3.63) is 29.8 Å². The van der Waals surface area contributed by atoms with Gasteiger partial charge < -0.3 is 19.6 Å². The van der Waals surface area contributed by atoms with Crippen molar-refractivity contribution in [3.8, 4) is 5.75 Å². The number of piperazine rings is 1. The molecule has 2 aliphatic heterocycles. The molecule has 20 heavy (non-hydrogen) atoms. The molecule has 0 bridgehead atoms. The van der Waals surface area contributed by atoms with Crippen LogP contribution in [0.25, 0.3) is 0 Å². The third-order valence-electron chi connectivity index (χ3n) is 3.84. The summed E-state index contributed by atoms with van der Waals surface area (Å²) in [4.78, 5) is 26.8. The maximum absolute atomic E-state index is 12.6. The molecule has 1 aromatic rings. The standard InChI is InChI=1S/C14H16N2O4/c17-13-11-3-1-2-4-12(11)20-8-5-10-9-15(14(18)19)6-7-16(10)13/h1-4,10H,5-9H2,(H,18,19). The van der Waals surface area contributed by atoms with E-state index in [1.807, 2.05) is 12.1 Å². The first-order valence-electron chi connectivity index (χ1n) is 6.67. The van der Waals surface area contributed by atoms with Gasteiger partial charge in [0.05, 0.1) is 18.2 Å². The molecule has 2 heterocycles. The molecule has 6 heteroatoms. The Hall–Kier alpha value is -2.24. The van der Waals surface area contributed by atoms with Crippen molar-refractivity contribution in [3.63, 3.8) is 0 Å². The van der Waals surface area contributed by atoms with Gasteiger partial charge >= 0.3 is 6.09 Å². The fourth-order valence-corrected chi connectivity index (χ4v) is 2.77. The van der Waals surface area contributed by atoms with Crippen LogP contribution in [0, 0.1) is 0 Å². The van der Waals surface area contributed by atoms with Gasteiger partial charge in [-0.3, -0.25) is 4.79 Å². The van der Waals surface area contributed by atoms with Crippen LogP contribution >= 0.6 is 0 Å². The van der Waals surface area contributed by atoms with Crippen LogP contribution in [0.1, 0.15) is 16.8 Å². The van der Waals surface area contributed by atoms with Crippen molar-refractivity contribution in [2.45, 2.75) is 12.5 Å². The van der Waals surface area contributed by atoms with E-state index in [0.717, 1.165) is 0 Å². The van der Waals surface area contributed by atoms with Crippen LogP contribution in [0.15, 0.2) is 24.3 Å². The van der Waals surface area contributed by atoms with Crippen molar-refractivity contribution < 1.29 is 19.4 Å². The molecule has 0 aromatic heterocycles. The largest absolute Gasteiger partial charge is 0.493 e. The molecule has 6 nitrogen and oxygen atoms in total. The Morgan fingerprint density at radius 3 is 2.90 bits per heavy atom. The van der Waals surface area contributed by atoms with Crippen molar-refractivity contribution in [1.29, 1.82) is 0 Å². The van der Waals surface area contributed by atoms with Crippen LogP contribution < -0.4 is 4.74 Å². The van der Waals surface area contributed by atoms with E-state index in [9.17, 15) is 9.59 Å². The quantitative estimate of drug-likeness (QED) is 0.774. The van der Waals surface area contributed by atoms with Gasteiger partial charge in [0.25, 0.3) is 5.91 Å². The number of carboxylic acid groups (broad SMARTS) is 1. The van der Waals surface area contributed by atoms with Crippen LogP contribution in [0.5, 0.6) is 5.75 Å². The summed E-state index contributed by atoms with van der Waals surface area (Å²) < 4.78 is 5.63. The molecule has 1 unspecified atom stereocenters. The van der Waals surface area contributed by atoms with Crippen LogP contribution in [-0.2, 0) is 0 Å². The fourth-order valence-electron chi connectivity index (χ4n) is 2.77. The summed E-state index contributed by atoms with van der Waals surface area (Å²) in [6.45, 7) is 1.64. The van der Waals surface area contributed by atoms with Gasteiger partial charge in [-0.25, -0.2) is 4.79 Å². The lowest BCUT2D eigenvalue weighted by molar-refractivity contribution is 0.0374. The molecule has 0 saturated carbocycles. The highest BCUT2D eigenvalue weighted by molar-refractivity contribution is 5.97. The Kier molecular flexibility index (Phi) is 3.22. The predicted molar refractivity (Wildman–Crippen MR) is 71.0 cm³/mol. The highest BCUT2D eigenvalue weighted by Crippen LogP contribution is 2.26. The Balaban J connectivity index is 1.88. The molecular weight excluding hydrogens is 260 g/mol. The van der Waals surface area contributed by atoms with Gasteiger partial charge in [-0.05, 0) is 12.1 Å². The number of para-hydroxylation sites is 1. The lowest BCUT2D eigenvalue weighted by atomic mass is 10.0. The van der Waals surface area contributed by atoms with E-state index in [1.165, 1.54) is 4.90 Å². The van der Waals surface area contributed by atoms with Gasteiger partial charge in [-0.15, -0.1) is 0 Å². The normalized spacial score (nSPS) is 22.2. The molecule has 0 radical (unpaired) electrons. The van der Waals surface area contributed by atoms with Gasteiger partial charge in [0.1, 0.15) is 5.75 Å². The summed E-state index contributed by atoms with van der Waals surface area (Å²) in [7, 11) is 0. The smallest absolute Gasteiger partial charge is 0.407 e. The number of rotatable bonds is 0. The van der Waals surface area contributed by atoms with E-state index in [4.69, 9.17) is 9.84 Å². The molecule has 1 fully saturated rings. The molecule has 1 aromatic carbocycles. The first-order chi connectivity index (χ1) is 9.66. The SMILES string of the molecule is O=C(O)N1CCN2C(=O)c3ccccc3OCCC2C1. The minimum atomic E-state index is -0.930. The van der Waals surface area contributed by atoms with Crippen LogP contribution in [0.2, 0.25) is 0 Å². The average Bonchev–Trinajstić information content (AvgIpc) is 2.45. The zero-order valence-corrected chi connectivity index (χ0v) is 11.0. The maximum atomic E-state index is 12.6. The molecule has 1 atom stereocenters. The first-order valence-corrected chi connectivity index (χ1v) is 6.67. The number of ether oxygens (including phenoxy) is 1. The molecule has 1 saturated heterocycles. The van der Waals surface area contributed by atoms with E-state index in [0.29, 0.717) is 44.0 Å². The zero-order valence-electron chi connectivity index (χ0n) is 11.0. The maximum Gasteiger partial charge on any atom is 0.407 e. The van der Waals surface area contributed by atoms with E-state index in [-0.39, 0.29) is 11.9 Å². The lowest BCUT2D eigenvalue weighted by Gasteiger charge is -2.41. The second kappa shape index (κ2) is 5.03. The van der Waals surface area contributed by atoms with Crippen molar-refractivity contribution in [2.24, 2.45) is 0 Å².